The highest BCUT2D eigenvalue weighted by molar-refractivity contribution is 5.93. The van der Waals surface area contributed by atoms with Crippen LogP contribution in [0.2, 0.25) is 0 Å². The maximum absolute atomic E-state index is 13.4. The number of fused-ring (bicyclic) bond motifs is 1. The fourth-order valence-corrected chi connectivity index (χ4v) is 3.51. The molecule has 1 atom stereocenters. The lowest BCUT2D eigenvalue weighted by atomic mass is 10.0. The summed E-state index contributed by atoms with van der Waals surface area (Å²) in [6.07, 6.45) is 3.70. The van der Waals surface area contributed by atoms with Crippen molar-refractivity contribution in [1.29, 1.82) is 0 Å². The number of likely N-dealkylation sites (tertiary alicyclic amines) is 1. The van der Waals surface area contributed by atoms with Crippen LogP contribution in [-0.2, 0) is 10.9 Å². The number of pyridine rings is 1. The van der Waals surface area contributed by atoms with E-state index in [0.717, 1.165) is 25.1 Å². The first-order valence-electron chi connectivity index (χ1n) is 8.63. The van der Waals surface area contributed by atoms with Gasteiger partial charge >= 0.3 is 6.18 Å². The normalized spacial score (nSPS) is 20.6. The molecule has 0 N–H and O–H groups in total. The molecule has 26 heavy (non-hydrogen) atoms. The zero-order valence-corrected chi connectivity index (χ0v) is 14.0. The zero-order valence-electron chi connectivity index (χ0n) is 14.0. The number of allylic oxidation sites excluding steroid dienone is 1. The first-order valence-corrected chi connectivity index (χ1v) is 8.63. The molecule has 0 saturated carbocycles. The topological polar surface area (TPSA) is 46.8 Å². The van der Waals surface area contributed by atoms with Crippen LogP contribution in [-0.4, -0.2) is 33.3 Å². The number of aromatic nitrogens is 2. The van der Waals surface area contributed by atoms with E-state index in [1.165, 1.54) is 16.9 Å². The van der Waals surface area contributed by atoms with E-state index in [4.69, 9.17) is 4.74 Å². The van der Waals surface area contributed by atoms with Gasteiger partial charge in [0.05, 0.1) is 18.0 Å². The molecule has 1 amide bonds. The van der Waals surface area contributed by atoms with E-state index >= 15 is 0 Å². The van der Waals surface area contributed by atoms with Crippen molar-refractivity contribution in [3.05, 3.63) is 47.6 Å². The van der Waals surface area contributed by atoms with E-state index in [-0.39, 0.29) is 11.6 Å². The first kappa shape index (κ1) is 16.9. The average molecular weight is 365 g/mol. The second-order valence-electron chi connectivity index (χ2n) is 6.59. The smallest absolute Gasteiger partial charge is 0.417 e. The van der Waals surface area contributed by atoms with E-state index < -0.39 is 17.8 Å². The maximum atomic E-state index is 13.4. The quantitative estimate of drug-likeness (QED) is 0.810. The number of nitrogens with zero attached hydrogens (tertiary/aromatic N) is 3. The van der Waals surface area contributed by atoms with Gasteiger partial charge in [0.1, 0.15) is 17.4 Å². The van der Waals surface area contributed by atoms with Crippen LogP contribution < -0.4 is 0 Å². The number of carbonyl (C=O) groups is 1. The Kier molecular flexibility index (Phi) is 4.13. The molecule has 0 radical (unpaired) electrons. The molecule has 0 spiro atoms. The monoisotopic (exact) mass is 365 g/mol. The number of halogens is 3. The van der Waals surface area contributed by atoms with Gasteiger partial charge in [0.25, 0.3) is 5.91 Å². The molecule has 138 valence electrons. The standard InChI is InChI=1S/C18H18F3N3O2/c19-18(20,21)12-9-13(15-5-1-4-8-26-15)16-22-10-14(24(16)11-12)17(25)23-6-2-3-7-23/h4,8-11,15H,1-3,5-7H2. The highest BCUT2D eigenvalue weighted by Crippen LogP contribution is 2.36. The van der Waals surface area contributed by atoms with E-state index in [9.17, 15) is 18.0 Å². The van der Waals surface area contributed by atoms with Gasteiger partial charge in [-0.1, -0.05) is 0 Å². The number of hydrogen-bond acceptors (Lipinski definition) is 3. The highest BCUT2D eigenvalue weighted by atomic mass is 19.4. The van der Waals surface area contributed by atoms with Gasteiger partial charge in [0.15, 0.2) is 0 Å². The number of carbonyl (C=O) groups excluding carboxylic acids is 1. The summed E-state index contributed by atoms with van der Waals surface area (Å²) in [4.78, 5) is 18.6. The highest BCUT2D eigenvalue weighted by Gasteiger charge is 2.34. The molecule has 0 bridgehead atoms. The lowest BCUT2D eigenvalue weighted by Crippen LogP contribution is -2.28. The summed E-state index contributed by atoms with van der Waals surface area (Å²) < 4.78 is 47.0. The van der Waals surface area contributed by atoms with Crippen LogP contribution in [0.25, 0.3) is 5.65 Å². The molecule has 2 aromatic rings. The van der Waals surface area contributed by atoms with Crippen LogP contribution in [0.4, 0.5) is 13.2 Å². The minimum absolute atomic E-state index is 0.153. The number of hydrogen-bond donors (Lipinski definition) is 0. The van der Waals surface area contributed by atoms with Crippen LogP contribution in [0.3, 0.4) is 0 Å². The summed E-state index contributed by atoms with van der Waals surface area (Å²) in [6, 6.07) is 1.08. The summed E-state index contributed by atoms with van der Waals surface area (Å²) in [7, 11) is 0. The van der Waals surface area contributed by atoms with Crippen LogP contribution >= 0.6 is 0 Å². The van der Waals surface area contributed by atoms with Crippen molar-refractivity contribution in [2.75, 3.05) is 13.1 Å². The van der Waals surface area contributed by atoms with E-state index in [2.05, 4.69) is 4.98 Å². The number of ether oxygens (including phenoxy) is 1. The van der Waals surface area contributed by atoms with Crippen LogP contribution in [0.1, 0.15) is 53.4 Å². The molecule has 5 nitrogen and oxygen atoms in total. The third-order valence-corrected chi connectivity index (χ3v) is 4.86. The number of alkyl halides is 3. The summed E-state index contributed by atoms with van der Waals surface area (Å²) in [5.41, 5.74) is 0.0257. The zero-order chi connectivity index (χ0) is 18.3. The van der Waals surface area contributed by atoms with Crippen molar-refractivity contribution in [3.8, 4) is 0 Å². The predicted molar refractivity (Wildman–Crippen MR) is 87.5 cm³/mol. The molecule has 0 aliphatic carbocycles. The molecule has 0 aromatic carbocycles. The molecule has 4 rings (SSSR count). The van der Waals surface area contributed by atoms with Crippen LogP contribution in [0.15, 0.2) is 30.8 Å². The Balaban J connectivity index is 1.85. The Morgan fingerprint density at radius 3 is 2.69 bits per heavy atom. The average Bonchev–Trinajstić information content (AvgIpc) is 3.30. The summed E-state index contributed by atoms with van der Waals surface area (Å²) in [5.74, 6) is -0.287. The molecule has 1 fully saturated rings. The van der Waals surface area contributed by atoms with Crippen molar-refractivity contribution < 1.29 is 22.7 Å². The number of rotatable bonds is 2. The molecule has 2 aliphatic heterocycles. The van der Waals surface area contributed by atoms with Crippen molar-refractivity contribution in [3.63, 3.8) is 0 Å². The molecular formula is C18H18F3N3O2. The molecule has 2 aliphatic rings. The third kappa shape index (κ3) is 2.93. The SMILES string of the molecule is O=C(c1cnc2c(C3CCC=CO3)cc(C(F)(F)F)cn12)N1CCCC1. The number of imidazole rings is 1. The van der Waals surface area contributed by atoms with Crippen LogP contribution in [0.5, 0.6) is 0 Å². The largest absolute Gasteiger partial charge is 0.494 e. The van der Waals surface area contributed by atoms with Gasteiger partial charge in [-0.2, -0.15) is 13.2 Å². The third-order valence-electron chi connectivity index (χ3n) is 4.86. The van der Waals surface area contributed by atoms with Gasteiger partial charge in [-0.3, -0.25) is 9.20 Å². The van der Waals surface area contributed by atoms with Gasteiger partial charge in [-0.25, -0.2) is 4.98 Å². The first-order chi connectivity index (χ1) is 12.4. The summed E-state index contributed by atoms with van der Waals surface area (Å²) in [6.45, 7) is 1.24. The van der Waals surface area contributed by atoms with E-state index in [0.29, 0.717) is 37.1 Å². The Labute approximate surface area is 148 Å². The number of amides is 1. The van der Waals surface area contributed by atoms with Gasteiger partial charge < -0.3 is 9.64 Å². The Morgan fingerprint density at radius 1 is 1.27 bits per heavy atom. The lowest BCUT2D eigenvalue weighted by molar-refractivity contribution is -0.138. The molecule has 2 aromatic heterocycles. The fraction of sp³-hybridized carbons (Fsp3) is 0.444. The van der Waals surface area contributed by atoms with Crippen molar-refractivity contribution in [2.45, 2.75) is 38.0 Å². The Bertz CT molecular complexity index is 866. The summed E-state index contributed by atoms with van der Waals surface area (Å²) in [5, 5.41) is 0. The maximum Gasteiger partial charge on any atom is 0.417 e. The van der Waals surface area contributed by atoms with Crippen molar-refractivity contribution in [1.82, 2.24) is 14.3 Å². The van der Waals surface area contributed by atoms with E-state index in [1.807, 2.05) is 6.08 Å². The Hall–Kier alpha value is -2.51. The minimum Gasteiger partial charge on any atom is -0.494 e. The molecule has 4 heterocycles. The fourth-order valence-electron chi connectivity index (χ4n) is 3.51. The van der Waals surface area contributed by atoms with E-state index in [1.54, 1.807) is 4.90 Å². The molecule has 1 unspecified atom stereocenters. The van der Waals surface area contributed by atoms with Gasteiger partial charge in [0, 0.05) is 24.8 Å². The molecule has 8 heteroatoms. The van der Waals surface area contributed by atoms with Crippen molar-refractivity contribution in [2.24, 2.45) is 0 Å². The van der Waals surface area contributed by atoms with Gasteiger partial charge in [0.2, 0.25) is 0 Å². The van der Waals surface area contributed by atoms with Crippen LogP contribution in [0, 0.1) is 0 Å². The lowest BCUT2D eigenvalue weighted by Gasteiger charge is -2.22. The second kappa shape index (κ2) is 6.34. The second-order valence-corrected chi connectivity index (χ2v) is 6.59. The van der Waals surface area contributed by atoms with Crippen molar-refractivity contribution >= 4 is 11.6 Å². The molecule has 1 saturated heterocycles. The Morgan fingerprint density at radius 2 is 2.04 bits per heavy atom. The summed E-state index contributed by atoms with van der Waals surface area (Å²) >= 11 is 0. The predicted octanol–water partition coefficient (Wildman–Crippen LogP) is 3.95. The van der Waals surface area contributed by atoms with Gasteiger partial charge in [-0.05, 0) is 37.8 Å². The van der Waals surface area contributed by atoms with Gasteiger partial charge in [-0.15, -0.1) is 0 Å². The molecular weight excluding hydrogens is 347 g/mol. The minimum atomic E-state index is -4.52.